The van der Waals surface area contributed by atoms with Crippen molar-refractivity contribution >= 4 is 66.0 Å². The number of nitrogens with zero attached hydrogens (tertiary/aromatic N) is 1. The molecule has 0 aliphatic carbocycles. The van der Waals surface area contributed by atoms with Gasteiger partial charge in [0.1, 0.15) is 16.4 Å². The second-order valence-electron chi connectivity index (χ2n) is 4.48. The largest absolute Gasteiger partial charge is 0.453 e. The fraction of sp³-hybridized carbons (Fsp3) is 0.267. The molecule has 0 atom stereocenters. The van der Waals surface area contributed by atoms with Crippen LogP contribution in [0.1, 0.15) is 33.0 Å². The molecule has 0 saturated carbocycles. The lowest BCUT2D eigenvalue weighted by Gasteiger charge is -2.01. The van der Waals surface area contributed by atoms with E-state index in [1.165, 1.54) is 0 Å². The molecular formula is C15H14BrCl2NO. The minimum Gasteiger partial charge on any atom is -0.453 e. The first-order valence-corrected chi connectivity index (χ1v) is 7.77. The number of hydrogen-bond donors (Lipinski definition) is 0. The maximum absolute atomic E-state index is 6.42. The van der Waals surface area contributed by atoms with Gasteiger partial charge in [0.2, 0.25) is 0 Å². The number of hydrogen-bond acceptors (Lipinski definition) is 2. The van der Waals surface area contributed by atoms with E-state index in [4.69, 9.17) is 27.6 Å². The zero-order valence-corrected chi connectivity index (χ0v) is 14.5. The molecule has 0 N–H and O–H groups in total. The van der Waals surface area contributed by atoms with Gasteiger partial charge in [-0.2, -0.15) is 0 Å². The molecule has 0 saturated heterocycles. The van der Waals surface area contributed by atoms with Gasteiger partial charge in [-0.15, -0.1) is 0 Å². The molecular weight excluding hydrogens is 361 g/mol. The first-order valence-electron chi connectivity index (χ1n) is 6.22. The van der Waals surface area contributed by atoms with Gasteiger partial charge >= 0.3 is 0 Å². The van der Waals surface area contributed by atoms with Crippen LogP contribution in [-0.4, -0.2) is 5.17 Å². The van der Waals surface area contributed by atoms with E-state index in [1.54, 1.807) is 6.92 Å². The Morgan fingerprint density at radius 2 is 2.00 bits per heavy atom. The molecule has 0 unspecified atom stereocenters. The van der Waals surface area contributed by atoms with Crippen molar-refractivity contribution < 1.29 is 4.42 Å². The van der Waals surface area contributed by atoms with Crippen molar-refractivity contribution in [3.05, 3.63) is 34.0 Å². The van der Waals surface area contributed by atoms with Gasteiger partial charge in [-0.05, 0) is 38.5 Å². The Kier molecular flexibility index (Phi) is 4.95. The van der Waals surface area contributed by atoms with E-state index in [0.29, 0.717) is 21.7 Å². The van der Waals surface area contributed by atoms with Crippen molar-refractivity contribution in [2.75, 3.05) is 0 Å². The number of fused-ring (bicyclic) bond motifs is 1. The molecule has 1 aromatic carbocycles. The van der Waals surface area contributed by atoms with Crippen LogP contribution >= 0.6 is 39.1 Å². The van der Waals surface area contributed by atoms with Crippen molar-refractivity contribution in [1.29, 1.82) is 0 Å². The van der Waals surface area contributed by atoms with Crippen LogP contribution in [0.2, 0.25) is 0 Å². The molecule has 5 heteroatoms. The van der Waals surface area contributed by atoms with Crippen LogP contribution in [0.3, 0.4) is 0 Å². The molecule has 0 radical (unpaired) electrons. The van der Waals surface area contributed by atoms with E-state index < -0.39 is 0 Å². The zero-order chi connectivity index (χ0) is 14.9. The summed E-state index contributed by atoms with van der Waals surface area (Å²) in [6.45, 7) is 5.76. The fourth-order valence-corrected chi connectivity index (χ4v) is 2.53. The van der Waals surface area contributed by atoms with Crippen molar-refractivity contribution in [2.45, 2.75) is 27.2 Å². The summed E-state index contributed by atoms with van der Waals surface area (Å²) in [4.78, 5) is 4.38. The molecule has 106 valence electrons. The Bertz CT molecular complexity index is 712. The monoisotopic (exact) mass is 373 g/mol. The highest BCUT2D eigenvalue weighted by Gasteiger charge is 2.18. The maximum atomic E-state index is 6.42. The maximum Gasteiger partial charge on any atom is 0.172 e. The highest BCUT2D eigenvalue weighted by atomic mass is 79.9. The number of rotatable bonds is 3. The average molecular weight is 375 g/mol. The molecule has 1 heterocycles. The van der Waals surface area contributed by atoms with Gasteiger partial charge in [-0.1, -0.05) is 51.6 Å². The van der Waals surface area contributed by atoms with Crippen LogP contribution < -0.4 is 0 Å². The smallest absolute Gasteiger partial charge is 0.172 e. The molecule has 2 aromatic rings. The Labute approximate surface area is 136 Å². The van der Waals surface area contributed by atoms with Crippen molar-refractivity contribution in [1.82, 2.24) is 0 Å². The summed E-state index contributed by atoms with van der Waals surface area (Å²) < 4.78 is 6.82. The van der Waals surface area contributed by atoms with E-state index in [-0.39, 0.29) is 0 Å². The number of furan rings is 1. The van der Waals surface area contributed by atoms with Crippen molar-refractivity contribution in [2.24, 2.45) is 4.99 Å². The molecule has 0 aliphatic rings. The molecule has 0 fully saturated rings. The topological polar surface area (TPSA) is 25.5 Å². The van der Waals surface area contributed by atoms with Crippen molar-refractivity contribution in [3.8, 4) is 0 Å². The molecule has 2 nitrogen and oxygen atoms in total. The van der Waals surface area contributed by atoms with E-state index >= 15 is 0 Å². The van der Waals surface area contributed by atoms with Crippen LogP contribution in [0.4, 0.5) is 5.69 Å². The van der Waals surface area contributed by atoms with Gasteiger partial charge in [0.15, 0.2) is 5.76 Å². The lowest BCUT2D eigenvalue weighted by atomic mass is 10.1. The highest BCUT2D eigenvalue weighted by Crippen LogP contribution is 2.41. The molecule has 0 spiro atoms. The molecule has 0 bridgehead atoms. The Morgan fingerprint density at radius 3 is 2.60 bits per heavy atom. The first-order chi connectivity index (χ1) is 9.43. The third-order valence-corrected chi connectivity index (χ3v) is 4.07. The quantitative estimate of drug-likeness (QED) is 0.538. The molecule has 1 aromatic heterocycles. The van der Waals surface area contributed by atoms with Crippen molar-refractivity contribution in [3.63, 3.8) is 0 Å². The summed E-state index contributed by atoms with van der Waals surface area (Å²) in [6.07, 6.45) is 0.850. The van der Waals surface area contributed by atoms with Crippen LogP contribution in [0, 0.1) is 0 Å². The zero-order valence-electron chi connectivity index (χ0n) is 11.4. The van der Waals surface area contributed by atoms with Crippen LogP contribution in [0.5, 0.6) is 0 Å². The van der Waals surface area contributed by atoms with Crippen LogP contribution in [-0.2, 0) is 0 Å². The van der Waals surface area contributed by atoms with Gasteiger partial charge in [-0.25, -0.2) is 4.99 Å². The molecule has 0 amide bonds. The Morgan fingerprint density at radius 1 is 1.30 bits per heavy atom. The van der Waals surface area contributed by atoms with Gasteiger partial charge in [0.25, 0.3) is 0 Å². The average Bonchev–Trinajstić information content (AvgIpc) is 2.74. The number of aliphatic imine (C=N–C) groups is 1. The minimum atomic E-state index is 0.438. The highest BCUT2D eigenvalue weighted by molar-refractivity contribution is 9.10. The normalized spacial score (nSPS) is 13.8. The summed E-state index contributed by atoms with van der Waals surface area (Å²) in [5.41, 5.74) is 2.46. The second-order valence-corrected chi connectivity index (χ2v) is 6.32. The van der Waals surface area contributed by atoms with E-state index in [0.717, 1.165) is 27.4 Å². The second kappa shape index (κ2) is 6.33. The fourth-order valence-electron chi connectivity index (χ4n) is 1.82. The molecule has 20 heavy (non-hydrogen) atoms. The first kappa shape index (κ1) is 15.6. The minimum absolute atomic E-state index is 0.438. The Hall–Kier alpha value is -0.770. The number of benzene rings is 1. The van der Waals surface area contributed by atoms with Gasteiger partial charge in [0.05, 0.1) is 5.03 Å². The molecule has 0 aliphatic heterocycles. The predicted molar refractivity (Wildman–Crippen MR) is 91.3 cm³/mol. The SMILES string of the molecule is CCC(C)=C(Cl)c1oc2ccc(Br)cc2c1N=C(C)Cl. The van der Waals surface area contributed by atoms with E-state index in [1.807, 2.05) is 32.0 Å². The Balaban J connectivity index is 2.80. The summed E-state index contributed by atoms with van der Waals surface area (Å²) in [5.74, 6) is 0.569. The number of halogens is 3. The summed E-state index contributed by atoms with van der Waals surface area (Å²) in [6, 6.07) is 5.75. The predicted octanol–water partition coefficient (Wildman–Crippen LogP) is 6.86. The van der Waals surface area contributed by atoms with Crippen LogP contribution in [0.15, 0.2) is 37.7 Å². The van der Waals surface area contributed by atoms with E-state index in [9.17, 15) is 0 Å². The summed E-state index contributed by atoms with van der Waals surface area (Å²) in [7, 11) is 0. The van der Waals surface area contributed by atoms with Crippen LogP contribution in [0.25, 0.3) is 16.0 Å². The lowest BCUT2D eigenvalue weighted by Crippen LogP contribution is -1.81. The summed E-state index contributed by atoms with van der Waals surface area (Å²) >= 11 is 15.8. The van der Waals surface area contributed by atoms with Gasteiger partial charge in [-0.3, -0.25) is 0 Å². The third-order valence-electron chi connectivity index (χ3n) is 2.99. The van der Waals surface area contributed by atoms with Gasteiger partial charge < -0.3 is 4.42 Å². The standard InChI is InChI=1S/C15H14BrCl2NO/c1-4-8(2)13(18)15-14(19-9(3)17)11-7-10(16)5-6-12(11)20-15/h5-7H,4H2,1-3H3. The number of allylic oxidation sites excluding steroid dienone is 1. The molecule has 2 rings (SSSR count). The third kappa shape index (κ3) is 3.11. The van der Waals surface area contributed by atoms with E-state index in [2.05, 4.69) is 20.9 Å². The lowest BCUT2D eigenvalue weighted by molar-refractivity contribution is 0.602. The van der Waals surface area contributed by atoms with Gasteiger partial charge in [0, 0.05) is 9.86 Å². The summed E-state index contributed by atoms with van der Waals surface area (Å²) in [5, 5.41) is 1.92.